The summed E-state index contributed by atoms with van der Waals surface area (Å²) >= 11 is 0. The van der Waals surface area contributed by atoms with Gasteiger partial charge in [-0.2, -0.15) is 5.10 Å². The van der Waals surface area contributed by atoms with Gasteiger partial charge in [0, 0.05) is 32.2 Å². The number of nitrogens with zero attached hydrogens (tertiary/aromatic N) is 4. The highest BCUT2D eigenvalue weighted by molar-refractivity contribution is 5.94. The Hall–Kier alpha value is -2.70. The van der Waals surface area contributed by atoms with Crippen LogP contribution in [-0.2, 0) is 11.3 Å². The number of pyridine rings is 1. The van der Waals surface area contributed by atoms with Crippen molar-refractivity contribution < 1.29 is 9.59 Å². The minimum absolute atomic E-state index is 0.0667. The lowest BCUT2D eigenvalue weighted by Crippen LogP contribution is -2.42. The molecular weight excluding hydrogens is 294 g/mol. The van der Waals surface area contributed by atoms with E-state index in [-0.39, 0.29) is 17.9 Å². The van der Waals surface area contributed by atoms with E-state index in [1.54, 1.807) is 30.5 Å². The van der Waals surface area contributed by atoms with Gasteiger partial charge in [-0.3, -0.25) is 19.3 Å². The maximum Gasteiger partial charge on any atom is 0.255 e. The van der Waals surface area contributed by atoms with Gasteiger partial charge in [0.25, 0.3) is 5.91 Å². The van der Waals surface area contributed by atoms with Crippen molar-refractivity contribution in [1.29, 1.82) is 0 Å². The molecule has 0 saturated carbocycles. The summed E-state index contributed by atoms with van der Waals surface area (Å²) in [5.41, 5.74) is 2.44. The maximum atomic E-state index is 12.7. The second kappa shape index (κ2) is 6.20. The second-order valence-corrected chi connectivity index (χ2v) is 5.73. The van der Waals surface area contributed by atoms with Crippen molar-refractivity contribution in [2.24, 2.45) is 0 Å². The SMILES string of the molecule is CNC(=O)C[C@H]1CN(C(=O)c2cncc(C)c2)Cc2ccnn21. The quantitative estimate of drug-likeness (QED) is 0.914. The number of carbonyl (C=O) groups is 2. The predicted molar refractivity (Wildman–Crippen MR) is 83.7 cm³/mol. The molecule has 120 valence electrons. The van der Waals surface area contributed by atoms with Gasteiger partial charge >= 0.3 is 0 Å². The number of carbonyl (C=O) groups excluding carboxylic acids is 2. The smallest absolute Gasteiger partial charge is 0.255 e. The number of nitrogens with one attached hydrogen (secondary N) is 1. The van der Waals surface area contributed by atoms with Crippen molar-refractivity contribution >= 4 is 11.8 Å². The topological polar surface area (TPSA) is 80.1 Å². The fourth-order valence-electron chi connectivity index (χ4n) is 2.86. The molecule has 2 amide bonds. The Balaban J connectivity index is 1.85. The minimum Gasteiger partial charge on any atom is -0.359 e. The molecule has 0 aromatic carbocycles. The largest absolute Gasteiger partial charge is 0.359 e. The maximum absolute atomic E-state index is 12.7. The van der Waals surface area contributed by atoms with E-state index in [0.717, 1.165) is 11.3 Å². The van der Waals surface area contributed by atoms with Crippen molar-refractivity contribution in [2.45, 2.75) is 25.9 Å². The van der Waals surface area contributed by atoms with Gasteiger partial charge in [0.2, 0.25) is 5.91 Å². The summed E-state index contributed by atoms with van der Waals surface area (Å²) in [6, 6.07) is 3.55. The number of hydrogen-bond acceptors (Lipinski definition) is 4. The first-order valence-corrected chi connectivity index (χ1v) is 7.52. The van der Waals surface area contributed by atoms with Crippen molar-refractivity contribution in [1.82, 2.24) is 25.0 Å². The molecule has 2 aromatic rings. The number of hydrogen-bond donors (Lipinski definition) is 1. The Morgan fingerprint density at radius 1 is 1.39 bits per heavy atom. The van der Waals surface area contributed by atoms with Gasteiger partial charge in [-0.25, -0.2) is 0 Å². The highest BCUT2D eigenvalue weighted by atomic mass is 16.2. The van der Waals surface area contributed by atoms with Gasteiger partial charge in [0.05, 0.1) is 30.3 Å². The number of aryl methyl sites for hydroxylation is 1. The van der Waals surface area contributed by atoms with Crippen LogP contribution in [0.15, 0.2) is 30.7 Å². The van der Waals surface area contributed by atoms with Gasteiger partial charge in [-0.15, -0.1) is 0 Å². The van der Waals surface area contributed by atoms with E-state index in [9.17, 15) is 9.59 Å². The first kappa shape index (κ1) is 15.2. The van der Waals surface area contributed by atoms with E-state index >= 15 is 0 Å². The second-order valence-electron chi connectivity index (χ2n) is 5.73. The zero-order valence-electron chi connectivity index (χ0n) is 13.2. The molecule has 0 fully saturated rings. The number of fused-ring (bicyclic) bond motifs is 1. The summed E-state index contributed by atoms with van der Waals surface area (Å²) in [6.45, 7) is 2.84. The average molecular weight is 313 g/mol. The fraction of sp³-hybridized carbons (Fsp3) is 0.375. The first-order valence-electron chi connectivity index (χ1n) is 7.52. The van der Waals surface area contributed by atoms with E-state index in [1.165, 1.54) is 0 Å². The van der Waals surface area contributed by atoms with Gasteiger partial charge in [0.15, 0.2) is 0 Å². The Morgan fingerprint density at radius 2 is 2.22 bits per heavy atom. The molecule has 1 aliphatic heterocycles. The van der Waals surface area contributed by atoms with Crippen LogP contribution in [0.3, 0.4) is 0 Å². The number of rotatable bonds is 3. The summed E-state index contributed by atoms with van der Waals surface area (Å²) in [5.74, 6) is -0.140. The number of amides is 2. The third-order valence-electron chi connectivity index (χ3n) is 3.99. The third-order valence-corrected chi connectivity index (χ3v) is 3.99. The van der Waals surface area contributed by atoms with Crippen LogP contribution in [0, 0.1) is 6.92 Å². The van der Waals surface area contributed by atoms with E-state index in [4.69, 9.17) is 0 Å². The van der Waals surface area contributed by atoms with E-state index < -0.39 is 0 Å². The monoisotopic (exact) mass is 313 g/mol. The van der Waals surface area contributed by atoms with Gasteiger partial charge in [0.1, 0.15) is 0 Å². The molecule has 2 aromatic heterocycles. The van der Waals surface area contributed by atoms with Gasteiger partial charge in [-0.1, -0.05) is 0 Å². The molecule has 7 nitrogen and oxygen atoms in total. The lowest BCUT2D eigenvalue weighted by Gasteiger charge is -2.33. The molecule has 0 bridgehead atoms. The molecule has 3 rings (SSSR count). The van der Waals surface area contributed by atoms with Crippen LogP contribution in [0.2, 0.25) is 0 Å². The molecule has 1 aliphatic rings. The van der Waals surface area contributed by atoms with E-state index in [0.29, 0.717) is 25.1 Å². The van der Waals surface area contributed by atoms with Gasteiger partial charge < -0.3 is 10.2 Å². The van der Waals surface area contributed by atoms with Crippen LogP contribution < -0.4 is 5.32 Å². The van der Waals surface area contributed by atoms with E-state index in [2.05, 4.69) is 15.4 Å². The molecule has 1 atom stereocenters. The Kier molecular flexibility index (Phi) is 4.10. The Morgan fingerprint density at radius 3 is 2.96 bits per heavy atom. The third kappa shape index (κ3) is 3.08. The molecule has 0 radical (unpaired) electrons. The molecule has 0 saturated heterocycles. The molecule has 0 spiro atoms. The summed E-state index contributed by atoms with van der Waals surface area (Å²) in [4.78, 5) is 30.3. The van der Waals surface area contributed by atoms with Crippen LogP contribution in [0.25, 0.3) is 0 Å². The zero-order valence-corrected chi connectivity index (χ0v) is 13.2. The highest BCUT2D eigenvalue weighted by Gasteiger charge is 2.30. The van der Waals surface area contributed by atoms with Gasteiger partial charge in [-0.05, 0) is 24.6 Å². The lowest BCUT2D eigenvalue weighted by molar-refractivity contribution is -0.121. The highest BCUT2D eigenvalue weighted by Crippen LogP contribution is 2.24. The molecular formula is C16H19N5O2. The Labute approximate surface area is 134 Å². The molecule has 0 unspecified atom stereocenters. The van der Waals surface area contributed by atoms with Crippen molar-refractivity contribution in [3.8, 4) is 0 Å². The molecule has 7 heteroatoms. The van der Waals surface area contributed by atoms with Crippen molar-refractivity contribution in [3.05, 3.63) is 47.5 Å². The molecule has 23 heavy (non-hydrogen) atoms. The van der Waals surface area contributed by atoms with Crippen molar-refractivity contribution in [3.63, 3.8) is 0 Å². The summed E-state index contributed by atoms with van der Waals surface area (Å²) in [6.07, 6.45) is 5.29. The van der Waals surface area contributed by atoms with E-state index in [1.807, 2.05) is 23.7 Å². The Bertz CT molecular complexity index is 740. The lowest BCUT2D eigenvalue weighted by atomic mass is 10.1. The van der Waals surface area contributed by atoms with Crippen LogP contribution in [0.4, 0.5) is 0 Å². The zero-order chi connectivity index (χ0) is 16.4. The molecule has 0 aliphatic carbocycles. The fourth-order valence-corrected chi connectivity index (χ4v) is 2.86. The van der Waals surface area contributed by atoms with Crippen LogP contribution in [0.5, 0.6) is 0 Å². The van der Waals surface area contributed by atoms with Crippen LogP contribution in [0.1, 0.15) is 34.1 Å². The van der Waals surface area contributed by atoms with Crippen LogP contribution >= 0.6 is 0 Å². The predicted octanol–water partition coefficient (Wildman–Crippen LogP) is 0.920. The average Bonchev–Trinajstić information content (AvgIpc) is 3.02. The minimum atomic E-state index is -0.157. The summed E-state index contributed by atoms with van der Waals surface area (Å²) < 4.78 is 1.84. The molecule has 3 heterocycles. The molecule has 1 N–H and O–H groups in total. The van der Waals surface area contributed by atoms with Crippen molar-refractivity contribution in [2.75, 3.05) is 13.6 Å². The summed E-state index contributed by atoms with van der Waals surface area (Å²) in [7, 11) is 1.61. The first-order chi connectivity index (χ1) is 11.1. The number of aromatic nitrogens is 3. The summed E-state index contributed by atoms with van der Waals surface area (Å²) in [5, 5.41) is 6.92. The van der Waals surface area contributed by atoms with Crippen LogP contribution in [-0.4, -0.2) is 45.1 Å². The standard InChI is InChI=1S/C16H19N5O2/c1-11-5-12(8-18-7-11)16(23)20-9-13-3-4-19-21(13)14(10-20)6-15(22)17-2/h3-5,7-8,14H,6,9-10H2,1-2H3,(H,17,22)/t14-/m0/s1. The normalized spacial score (nSPS) is 16.8.